The largest absolute Gasteiger partial charge is 0.370 e. The highest BCUT2D eigenvalue weighted by Gasteiger charge is 2.22. The SMILES string of the molecule is CCn1c(CCC(N)=O)nnc1S[C@@H](C)C(=O)Nc1c(C)nn(C)c1C. The van der Waals surface area contributed by atoms with E-state index in [0.29, 0.717) is 23.9 Å². The molecule has 3 N–H and O–H groups in total. The van der Waals surface area contributed by atoms with Crippen LogP contribution in [0.25, 0.3) is 0 Å². The summed E-state index contributed by atoms with van der Waals surface area (Å²) in [4.78, 5) is 23.5. The number of nitrogens with one attached hydrogen (secondary N) is 1. The molecule has 0 aromatic carbocycles. The van der Waals surface area contributed by atoms with Gasteiger partial charge in [-0.25, -0.2) is 0 Å². The number of carbonyl (C=O) groups excluding carboxylic acids is 2. The third kappa shape index (κ3) is 4.43. The average Bonchev–Trinajstić information content (AvgIpc) is 3.07. The molecule has 0 saturated heterocycles. The second-order valence-corrected chi connectivity index (χ2v) is 7.34. The molecule has 0 bridgehead atoms. The van der Waals surface area contributed by atoms with E-state index in [9.17, 15) is 9.59 Å². The van der Waals surface area contributed by atoms with Crippen LogP contribution in [0, 0.1) is 13.8 Å². The number of carbonyl (C=O) groups is 2. The lowest BCUT2D eigenvalue weighted by molar-refractivity contribution is -0.118. The summed E-state index contributed by atoms with van der Waals surface area (Å²) < 4.78 is 3.64. The van der Waals surface area contributed by atoms with Crippen molar-refractivity contribution in [3.8, 4) is 0 Å². The maximum atomic E-state index is 12.6. The first-order valence-electron chi connectivity index (χ1n) is 8.42. The van der Waals surface area contributed by atoms with Crippen molar-refractivity contribution in [1.29, 1.82) is 0 Å². The van der Waals surface area contributed by atoms with Crippen LogP contribution in [0.5, 0.6) is 0 Å². The second-order valence-electron chi connectivity index (χ2n) is 6.03. The van der Waals surface area contributed by atoms with Crippen molar-refractivity contribution < 1.29 is 9.59 Å². The average molecular weight is 379 g/mol. The van der Waals surface area contributed by atoms with Gasteiger partial charge in [-0.1, -0.05) is 11.8 Å². The molecule has 0 saturated carbocycles. The standard InChI is InChI=1S/C16H25N7O2S/c1-6-23-13(8-7-12(17)24)19-20-16(23)26-11(4)15(25)18-14-9(2)21-22(5)10(14)3/h11H,6-8H2,1-5H3,(H2,17,24)(H,18,25)/t11-/m0/s1. The van der Waals surface area contributed by atoms with Crippen molar-refractivity contribution in [3.05, 3.63) is 17.2 Å². The number of nitrogens with zero attached hydrogens (tertiary/aromatic N) is 5. The Kier molecular flexibility index (Phi) is 6.41. The number of rotatable bonds is 8. The lowest BCUT2D eigenvalue weighted by Gasteiger charge is -2.13. The Morgan fingerprint density at radius 2 is 2.00 bits per heavy atom. The minimum Gasteiger partial charge on any atom is -0.370 e. The van der Waals surface area contributed by atoms with Crippen molar-refractivity contribution in [3.63, 3.8) is 0 Å². The third-order valence-corrected chi connectivity index (χ3v) is 5.19. The van der Waals surface area contributed by atoms with Gasteiger partial charge in [0.1, 0.15) is 5.82 Å². The third-order valence-electron chi connectivity index (χ3n) is 4.11. The minimum atomic E-state index is -0.375. The van der Waals surface area contributed by atoms with E-state index in [2.05, 4.69) is 20.6 Å². The van der Waals surface area contributed by atoms with E-state index in [1.807, 2.05) is 39.3 Å². The van der Waals surface area contributed by atoms with Crippen molar-refractivity contribution in [2.24, 2.45) is 12.8 Å². The van der Waals surface area contributed by atoms with Gasteiger partial charge in [0, 0.05) is 26.4 Å². The number of nitrogens with two attached hydrogens (primary N) is 1. The first-order chi connectivity index (χ1) is 12.2. The number of aromatic nitrogens is 5. The Balaban J connectivity index is 2.08. The molecule has 0 unspecified atom stereocenters. The summed E-state index contributed by atoms with van der Waals surface area (Å²) in [6.07, 6.45) is 0.657. The van der Waals surface area contributed by atoms with Gasteiger partial charge >= 0.3 is 0 Å². The zero-order chi connectivity index (χ0) is 19.4. The topological polar surface area (TPSA) is 121 Å². The van der Waals surface area contributed by atoms with Crippen molar-refractivity contribution in [2.45, 2.75) is 57.5 Å². The fraction of sp³-hybridized carbons (Fsp3) is 0.562. The zero-order valence-corrected chi connectivity index (χ0v) is 16.6. The maximum absolute atomic E-state index is 12.6. The van der Waals surface area contributed by atoms with Crippen LogP contribution >= 0.6 is 11.8 Å². The number of hydrogen-bond donors (Lipinski definition) is 2. The van der Waals surface area contributed by atoms with E-state index in [4.69, 9.17) is 5.73 Å². The smallest absolute Gasteiger partial charge is 0.237 e. The molecular weight excluding hydrogens is 354 g/mol. The van der Waals surface area contributed by atoms with Gasteiger partial charge in [0.2, 0.25) is 11.8 Å². The van der Waals surface area contributed by atoms with Gasteiger partial charge in [0.05, 0.1) is 22.3 Å². The minimum absolute atomic E-state index is 0.126. The maximum Gasteiger partial charge on any atom is 0.237 e. The Morgan fingerprint density at radius 3 is 2.54 bits per heavy atom. The molecule has 1 atom stereocenters. The van der Waals surface area contributed by atoms with Crippen molar-refractivity contribution >= 4 is 29.3 Å². The van der Waals surface area contributed by atoms with Crippen LogP contribution < -0.4 is 11.1 Å². The van der Waals surface area contributed by atoms with Gasteiger partial charge in [-0.3, -0.25) is 14.3 Å². The van der Waals surface area contributed by atoms with Crippen LogP contribution in [0.15, 0.2) is 5.16 Å². The monoisotopic (exact) mass is 379 g/mol. The molecule has 2 aromatic rings. The fourth-order valence-corrected chi connectivity index (χ4v) is 3.47. The Morgan fingerprint density at radius 1 is 1.31 bits per heavy atom. The number of anilines is 1. The van der Waals surface area contributed by atoms with Crippen molar-refractivity contribution in [1.82, 2.24) is 24.5 Å². The summed E-state index contributed by atoms with van der Waals surface area (Å²) >= 11 is 1.33. The number of primary amides is 1. The van der Waals surface area contributed by atoms with Crippen LogP contribution in [-0.4, -0.2) is 41.6 Å². The van der Waals surface area contributed by atoms with Crippen molar-refractivity contribution in [2.75, 3.05) is 5.32 Å². The van der Waals surface area contributed by atoms with Gasteiger partial charge < -0.3 is 15.6 Å². The molecule has 0 aliphatic rings. The number of hydrogen-bond acceptors (Lipinski definition) is 6. The molecule has 0 fully saturated rings. The molecule has 0 radical (unpaired) electrons. The van der Waals surface area contributed by atoms with E-state index in [1.54, 1.807) is 4.68 Å². The van der Waals surface area contributed by atoms with Crippen LogP contribution in [-0.2, 0) is 29.6 Å². The summed E-state index contributed by atoms with van der Waals surface area (Å²) in [5.74, 6) is 0.193. The highest BCUT2D eigenvalue weighted by atomic mass is 32.2. The number of aryl methyl sites for hydroxylation is 3. The predicted molar refractivity (Wildman–Crippen MR) is 99.8 cm³/mol. The molecule has 2 rings (SSSR count). The molecule has 2 aromatic heterocycles. The lowest BCUT2D eigenvalue weighted by atomic mass is 10.3. The molecular formula is C16H25N7O2S. The summed E-state index contributed by atoms with van der Waals surface area (Å²) in [6, 6.07) is 0. The highest BCUT2D eigenvalue weighted by Crippen LogP contribution is 2.25. The van der Waals surface area contributed by atoms with Gasteiger partial charge in [0.15, 0.2) is 5.16 Å². The normalized spacial score (nSPS) is 12.2. The fourth-order valence-electron chi connectivity index (χ4n) is 2.53. The number of amides is 2. The van der Waals surface area contributed by atoms with Crippen LogP contribution in [0.2, 0.25) is 0 Å². The Hall–Kier alpha value is -2.36. The van der Waals surface area contributed by atoms with Gasteiger partial charge in [-0.05, 0) is 27.7 Å². The van der Waals surface area contributed by atoms with E-state index >= 15 is 0 Å². The molecule has 0 aliphatic carbocycles. The van der Waals surface area contributed by atoms with E-state index in [1.165, 1.54) is 11.8 Å². The second kappa shape index (κ2) is 8.35. The Labute approximate surface area is 156 Å². The molecule has 2 amide bonds. The summed E-state index contributed by atoms with van der Waals surface area (Å²) in [6.45, 7) is 8.21. The molecule has 2 heterocycles. The molecule has 142 valence electrons. The van der Waals surface area contributed by atoms with Crippen LogP contribution in [0.3, 0.4) is 0 Å². The summed E-state index contributed by atoms with van der Waals surface area (Å²) in [5, 5.41) is 15.8. The van der Waals surface area contributed by atoms with E-state index in [0.717, 1.165) is 17.1 Å². The quantitative estimate of drug-likeness (QED) is 0.665. The molecule has 9 nitrogen and oxygen atoms in total. The molecule has 10 heteroatoms. The van der Waals surface area contributed by atoms with Crippen LogP contribution in [0.4, 0.5) is 5.69 Å². The van der Waals surface area contributed by atoms with Gasteiger partial charge in [0.25, 0.3) is 0 Å². The molecule has 0 aliphatic heterocycles. The van der Waals surface area contributed by atoms with E-state index in [-0.39, 0.29) is 23.5 Å². The molecule has 26 heavy (non-hydrogen) atoms. The predicted octanol–water partition coefficient (Wildman–Crippen LogP) is 1.19. The van der Waals surface area contributed by atoms with Crippen LogP contribution in [0.1, 0.15) is 37.5 Å². The molecule has 0 spiro atoms. The first kappa shape index (κ1) is 20.0. The first-order valence-corrected chi connectivity index (χ1v) is 9.30. The zero-order valence-electron chi connectivity index (χ0n) is 15.7. The summed E-state index contributed by atoms with van der Waals surface area (Å²) in [5.41, 5.74) is 7.62. The van der Waals surface area contributed by atoms with Gasteiger partial charge in [-0.2, -0.15) is 5.10 Å². The highest BCUT2D eigenvalue weighted by molar-refractivity contribution is 8.00. The Bertz CT molecular complexity index is 812. The summed E-state index contributed by atoms with van der Waals surface area (Å²) in [7, 11) is 1.84. The van der Waals surface area contributed by atoms with E-state index < -0.39 is 0 Å². The number of thioether (sulfide) groups is 1. The van der Waals surface area contributed by atoms with Gasteiger partial charge in [-0.15, -0.1) is 10.2 Å². The lowest BCUT2D eigenvalue weighted by Crippen LogP contribution is -2.23.